The first-order valence-corrected chi connectivity index (χ1v) is 11.0. The number of aromatic nitrogens is 3. The lowest BCUT2D eigenvalue weighted by Crippen LogP contribution is -2.46. The maximum absolute atomic E-state index is 12.8. The van der Waals surface area contributed by atoms with Crippen molar-refractivity contribution in [3.05, 3.63) is 45.4 Å². The molecule has 29 heavy (non-hydrogen) atoms. The summed E-state index contributed by atoms with van der Waals surface area (Å²) in [4.78, 5) is 38.6. The van der Waals surface area contributed by atoms with Crippen LogP contribution in [0.2, 0.25) is 0 Å². The molecule has 3 aromatic rings. The highest BCUT2D eigenvalue weighted by Crippen LogP contribution is 2.26. The number of amides is 1. The molecule has 0 saturated carbocycles. The van der Waals surface area contributed by atoms with Crippen molar-refractivity contribution in [2.24, 2.45) is 0 Å². The second-order valence-electron chi connectivity index (χ2n) is 6.81. The molecule has 1 aliphatic heterocycles. The van der Waals surface area contributed by atoms with Gasteiger partial charge in [-0.2, -0.15) is 4.98 Å². The molecule has 0 radical (unpaired) electrons. The van der Waals surface area contributed by atoms with Crippen molar-refractivity contribution in [1.29, 1.82) is 0 Å². The van der Waals surface area contributed by atoms with Crippen LogP contribution in [0.5, 0.6) is 0 Å². The molecule has 8 nitrogen and oxygen atoms in total. The highest BCUT2D eigenvalue weighted by atomic mass is 79.9. The van der Waals surface area contributed by atoms with Crippen LogP contribution in [0.1, 0.15) is 6.92 Å². The Labute approximate surface area is 180 Å². The van der Waals surface area contributed by atoms with E-state index < -0.39 is 0 Å². The normalized spacial score (nSPS) is 15.0. The molecule has 4 rings (SSSR count). The second-order valence-corrected chi connectivity index (χ2v) is 8.70. The number of likely N-dealkylation sites (N-methyl/N-ethyl adjacent to an activating group) is 1. The maximum atomic E-state index is 12.8. The fraction of sp³-hybridized carbons (Fsp3) is 0.368. The average molecular weight is 477 g/mol. The van der Waals surface area contributed by atoms with Crippen LogP contribution >= 0.6 is 27.3 Å². The van der Waals surface area contributed by atoms with Gasteiger partial charge in [-0.05, 0) is 24.7 Å². The Bertz CT molecular complexity index is 1090. The van der Waals surface area contributed by atoms with Gasteiger partial charge >= 0.3 is 0 Å². The number of piperazine rings is 1. The molecule has 0 atom stereocenters. The van der Waals surface area contributed by atoms with E-state index in [9.17, 15) is 9.59 Å². The highest BCUT2D eigenvalue weighted by molar-refractivity contribution is 9.10. The van der Waals surface area contributed by atoms with Gasteiger partial charge in [0.05, 0.1) is 0 Å². The summed E-state index contributed by atoms with van der Waals surface area (Å²) in [7, 11) is 0. The summed E-state index contributed by atoms with van der Waals surface area (Å²) in [6, 6.07) is 7.30. The van der Waals surface area contributed by atoms with Crippen LogP contribution < -0.4 is 15.8 Å². The topological polar surface area (TPSA) is 83.4 Å². The molecule has 3 heterocycles. The van der Waals surface area contributed by atoms with Crippen LogP contribution in [0.4, 0.5) is 10.8 Å². The number of nitrogens with one attached hydrogen (secondary N) is 1. The highest BCUT2D eigenvalue weighted by Gasteiger charge is 2.20. The number of benzene rings is 1. The summed E-state index contributed by atoms with van der Waals surface area (Å²) >= 11 is 4.72. The molecular weight excluding hydrogens is 456 g/mol. The van der Waals surface area contributed by atoms with Crippen molar-refractivity contribution in [2.45, 2.75) is 13.5 Å². The van der Waals surface area contributed by atoms with Gasteiger partial charge in [-0.25, -0.2) is 4.98 Å². The summed E-state index contributed by atoms with van der Waals surface area (Å²) in [6.07, 6.45) is 1.39. The van der Waals surface area contributed by atoms with Crippen LogP contribution in [-0.2, 0) is 11.3 Å². The number of fused-ring (bicyclic) bond motifs is 1. The SMILES string of the molecule is CCN1CCN(c2nc3ncn(CC(=O)Nc4cccc(Br)c4)c(=O)c3s2)CC1. The summed E-state index contributed by atoms with van der Waals surface area (Å²) in [5.41, 5.74) is 0.865. The number of carbonyl (C=O) groups is 1. The zero-order chi connectivity index (χ0) is 20.4. The van der Waals surface area contributed by atoms with Crippen LogP contribution in [0, 0.1) is 0 Å². The molecule has 1 amide bonds. The van der Waals surface area contributed by atoms with Gasteiger partial charge in [0.2, 0.25) is 5.91 Å². The first kappa shape index (κ1) is 20.0. The van der Waals surface area contributed by atoms with Crippen molar-refractivity contribution >= 4 is 54.3 Å². The fourth-order valence-electron chi connectivity index (χ4n) is 3.26. The van der Waals surface area contributed by atoms with Gasteiger partial charge in [0.1, 0.15) is 17.6 Å². The molecule has 2 aromatic heterocycles. The van der Waals surface area contributed by atoms with E-state index in [0.717, 1.165) is 42.3 Å². The Kier molecular flexibility index (Phi) is 5.93. The molecule has 0 unspecified atom stereocenters. The minimum Gasteiger partial charge on any atom is -0.345 e. The standard InChI is InChI=1S/C19H21BrN6O2S/c1-2-24-6-8-25(9-7-24)19-23-17-16(29-19)18(28)26(12-21-17)11-15(27)22-14-5-3-4-13(20)10-14/h3-5,10,12H,2,6-9,11H2,1H3,(H,22,27). The Morgan fingerprint density at radius 3 is 2.79 bits per heavy atom. The Balaban J connectivity index is 1.50. The number of rotatable bonds is 5. The predicted octanol–water partition coefficient (Wildman–Crippen LogP) is 2.40. The van der Waals surface area contributed by atoms with Crippen molar-refractivity contribution in [1.82, 2.24) is 19.4 Å². The average Bonchev–Trinajstić information content (AvgIpc) is 3.15. The van der Waals surface area contributed by atoms with Crippen LogP contribution in [0.25, 0.3) is 10.3 Å². The maximum Gasteiger partial charge on any atom is 0.273 e. The third-order valence-corrected chi connectivity index (χ3v) is 6.47. The summed E-state index contributed by atoms with van der Waals surface area (Å²) < 4.78 is 2.68. The van der Waals surface area contributed by atoms with Crippen LogP contribution in [-0.4, -0.2) is 58.1 Å². The van der Waals surface area contributed by atoms with Gasteiger partial charge in [0.25, 0.3) is 5.56 Å². The Hall–Kier alpha value is -2.30. The van der Waals surface area contributed by atoms with Gasteiger partial charge in [-0.15, -0.1) is 0 Å². The van der Waals surface area contributed by atoms with E-state index in [2.05, 4.69) is 47.9 Å². The van der Waals surface area contributed by atoms with Crippen molar-refractivity contribution in [3.8, 4) is 0 Å². The second kappa shape index (κ2) is 8.60. The largest absolute Gasteiger partial charge is 0.345 e. The number of anilines is 2. The molecular formula is C19H21BrN6O2S. The van der Waals surface area contributed by atoms with E-state index in [0.29, 0.717) is 16.0 Å². The van der Waals surface area contributed by atoms with E-state index >= 15 is 0 Å². The van der Waals surface area contributed by atoms with Gasteiger partial charge in [0, 0.05) is 36.3 Å². The minimum atomic E-state index is -0.285. The van der Waals surface area contributed by atoms with Gasteiger partial charge in [0.15, 0.2) is 10.8 Å². The number of hydrogen-bond acceptors (Lipinski definition) is 7. The van der Waals surface area contributed by atoms with Gasteiger partial charge in [-0.1, -0.05) is 40.3 Å². The lowest BCUT2D eigenvalue weighted by Gasteiger charge is -2.33. The zero-order valence-electron chi connectivity index (χ0n) is 16.0. The molecule has 1 aromatic carbocycles. The van der Waals surface area contributed by atoms with Crippen LogP contribution in [0.3, 0.4) is 0 Å². The monoisotopic (exact) mass is 476 g/mol. The lowest BCUT2D eigenvalue weighted by atomic mass is 10.3. The molecule has 0 aliphatic carbocycles. The van der Waals surface area contributed by atoms with E-state index in [1.165, 1.54) is 22.2 Å². The van der Waals surface area contributed by atoms with Crippen molar-refractivity contribution in [3.63, 3.8) is 0 Å². The lowest BCUT2D eigenvalue weighted by molar-refractivity contribution is -0.116. The number of nitrogens with zero attached hydrogens (tertiary/aromatic N) is 5. The number of hydrogen-bond donors (Lipinski definition) is 1. The first-order chi connectivity index (χ1) is 14.0. The Morgan fingerprint density at radius 2 is 2.07 bits per heavy atom. The van der Waals surface area contributed by atoms with Crippen molar-refractivity contribution in [2.75, 3.05) is 42.9 Å². The molecule has 1 saturated heterocycles. The Morgan fingerprint density at radius 1 is 1.28 bits per heavy atom. The summed E-state index contributed by atoms with van der Waals surface area (Å²) in [5.74, 6) is -0.285. The van der Waals surface area contributed by atoms with Crippen molar-refractivity contribution < 1.29 is 4.79 Å². The summed E-state index contributed by atoms with van der Waals surface area (Å²) in [5, 5.41) is 3.61. The number of thiazole rings is 1. The van der Waals surface area contributed by atoms with E-state index in [1.54, 1.807) is 12.1 Å². The minimum absolute atomic E-state index is 0.101. The third kappa shape index (κ3) is 4.49. The van der Waals surface area contributed by atoms with Gasteiger partial charge < -0.3 is 15.1 Å². The number of carbonyl (C=O) groups excluding carboxylic acids is 1. The molecule has 0 bridgehead atoms. The summed E-state index contributed by atoms with van der Waals surface area (Å²) in [6.45, 7) is 6.85. The first-order valence-electron chi connectivity index (χ1n) is 9.42. The molecule has 1 aliphatic rings. The zero-order valence-corrected chi connectivity index (χ0v) is 18.4. The molecule has 10 heteroatoms. The number of halogens is 1. The molecule has 1 fully saturated rings. The quantitative estimate of drug-likeness (QED) is 0.608. The fourth-order valence-corrected chi connectivity index (χ4v) is 4.68. The van der Waals surface area contributed by atoms with Crippen LogP contribution in [0.15, 0.2) is 39.9 Å². The van der Waals surface area contributed by atoms with E-state index in [-0.39, 0.29) is 18.0 Å². The van der Waals surface area contributed by atoms with E-state index in [4.69, 9.17) is 0 Å². The predicted molar refractivity (Wildman–Crippen MR) is 119 cm³/mol. The smallest absolute Gasteiger partial charge is 0.273 e. The molecule has 0 spiro atoms. The van der Waals surface area contributed by atoms with Gasteiger partial charge in [-0.3, -0.25) is 14.2 Å². The van der Waals surface area contributed by atoms with E-state index in [1.807, 2.05) is 12.1 Å². The third-order valence-electron chi connectivity index (χ3n) is 4.88. The molecule has 1 N–H and O–H groups in total. The molecule has 152 valence electrons.